The molecule has 0 aliphatic heterocycles. The maximum Gasteiger partial charge on any atom is 0.326 e. The minimum atomic E-state index is -1.37. The van der Waals surface area contributed by atoms with Gasteiger partial charge >= 0.3 is 5.97 Å². The van der Waals surface area contributed by atoms with E-state index in [2.05, 4.69) is 25.9 Å². The standard InChI is InChI=1S/C36H39N7O7/c37-26(15-20-9-11-23(44)12-10-20)33(46)42-30(16-21-18-39-27-7-3-1-5-24(21)27)35(48)41-29(13-14-32(38)45)34(47)43-31(36(49)50)17-22-19-40-28-8-4-2-6-25(22)28/h1-12,18-19,26,29-31,39-40,44H,13-17,37H2,(H2,38,45)(H,41,48)(H,42,46)(H,43,47)(H,49,50). The minimum Gasteiger partial charge on any atom is -0.508 e. The van der Waals surface area contributed by atoms with Crippen LogP contribution in [0.15, 0.2) is 85.2 Å². The molecular weight excluding hydrogens is 642 g/mol. The number of aromatic nitrogens is 2. The van der Waals surface area contributed by atoms with Crippen LogP contribution < -0.4 is 27.4 Å². The number of aromatic amines is 2. The molecule has 0 radical (unpaired) electrons. The van der Waals surface area contributed by atoms with E-state index in [1.165, 1.54) is 12.1 Å². The number of phenolic OH excluding ortho intramolecular Hbond substituents is 1. The van der Waals surface area contributed by atoms with Crippen molar-refractivity contribution < 1.29 is 34.2 Å². The Balaban J connectivity index is 1.35. The highest BCUT2D eigenvalue weighted by atomic mass is 16.4. The second-order valence-electron chi connectivity index (χ2n) is 12.1. The fraction of sp³-hybridized carbons (Fsp3) is 0.250. The van der Waals surface area contributed by atoms with E-state index < -0.39 is 53.8 Å². The second-order valence-corrected chi connectivity index (χ2v) is 12.1. The monoisotopic (exact) mass is 681 g/mol. The highest BCUT2D eigenvalue weighted by Gasteiger charge is 2.31. The maximum atomic E-state index is 13.9. The van der Waals surface area contributed by atoms with Gasteiger partial charge in [0, 0.05) is 53.5 Å². The summed E-state index contributed by atoms with van der Waals surface area (Å²) in [5.74, 6) is -4.20. The van der Waals surface area contributed by atoms with Crippen molar-refractivity contribution in [1.82, 2.24) is 25.9 Å². The van der Waals surface area contributed by atoms with Crippen molar-refractivity contribution in [1.29, 1.82) is 0 Å². The molecule has 0 bridgehead atoms. The van der Waals surface area contributed by atoms with Crippen LogP contribution in [0.3, 0.4) is 0 Å². The van der Waals surface area contributed by atoms with Gasteiger partial charge in [0.05, 0.1) is 6.04 Å². The van der Waals surface area contributed by atoms with Gasteiger partial charge in [0.1, 0.15) is 23.9 Å². The van der Waals surface area contributed by atoms with Crippen LogP contribution in [0.25, 0.3) is 21.8 Å². The molecular formula is C36H39N7O7. The van der Waals surface area contributed by atoms with Gasteiger partial charge in [0.15, 0.2) is 0 Å². The molecule has 4 unspecified atom stereocenters. The number of hydrogen-bond donors (Lipinski definition) is 9. The van der Waals surface area contributed by atoms with Crippen molar-refractivity contribution in [3.8, 4) is 5.75 Å². The van der Waals surface area contributed by atoms with Crippen LogP contribution in [0.1, 0.15) is 29.5 Å². The zero-order valence-corrected chi connectivity index (χ0v) is 27.0. The predicted molar refractivity (Wildman–Crippen MR) is 186 cm³/mol. The van der Waals surface area contributed by atoms with E-state index in [0.717, 1.165) is 21.8 Å². The normalized spacial score (nSPS) is 13.6. The number of amides is 4. The Morgan fingerprint density at radius 2 is 1.16 bits per heavy atom. The first-order valence-electron chi connectivity index (χ1n) is 16.0. The predicted octanol–water partition coefficient (Wildman–Crippen LogP) is 1.51. The van der Waals surface area contributed by atoms with Crippen molar-refractivity contribution in [3.05, 3.63) is 102 Å². The molecule has 0 spiro atoms. The number of primary amides is 1. The van der Waals surface area contributed by atoms with Gasteiger partial charge in [-0.05, 0) is 53.8 Å². The highest BCUT2D eigenvalue weighted by Crippen LogP contribution is 2.21. The summed E-state index contributed by atoms with van der Waals surface area (Å²) >= 11 is 0. The molecule has 14 heteroatoms. The third-order valence-corrected chi connectivity index (χ3v) is 8.49. The number of aliphatic carboxylic acids is 1. The summed E-state index contributed by atoms with van der Waals surface area (Å²) in [5, 5.41) is 29.0. The molecule has 4 amide bonds. The number of carbonyl (C=O) groups excluding carboxylic acids is 4. The lowest BCUT2D eigenvalue weighted by Gasteiger charge is -2.25. The van der Waals surface area contributed by atoms with Crippen LogP contribution in [0, 0.1) is 0 Å². The van der Waals surface area contributed by atoms with E-state index in [-0.39, 0.29) is 37.9 Å². The molecule has 0 aliphatic rings. The zero-order chi connectivity index (χ0) is 35.8. The van der Waals surface area contributed by atoms with E-state index in [1.807, 2.05) is 48.5 Å². The number of carboxylic acids is 1. The van der Waals surface area contributed by atoms with Crippen molar-refractivity contribution >= 4 is 51.4 Å². The first kappa shape index (κ1) is 35.2. The summed E-state index contributed by atoms with van der Waals surface area (Å²) < 4.78 is 0. The molecule has 0 saturated carbocycles. The van der Waals surface area contributed by atoms with Crippen LogP contribution in [-0.2, 0) is 43.2 Å². The van der Waals surface area contributed by atoms with Gasteiger partial charge < -0.3 is 47.6 Å². The summed E-state index contributed by atoms with van der Waals surface area (Å²) in [5.41, 5.74) is 15.3. The number of fused-ring (bicyclic) bond motifs is 2. The molecule has 2 aromatic heterocycles. The summed E-state index contributed by atoms with van der Waals surface area (Å²) in [6.45, 7) is 0. The molecule has 4 atom stereocenters. The first-order valence-corrected chi connectivity index (χ1v) is 16.0. The molecule has 14 nitrogen and oxygen atoms in total. The number of nitrogens with one attached hydrogen (secondary N) is 5. The number of para-hydroxylation sites is 2. The van der Waals surface area contributed by atoms with Gasteiger partial charge in [0.2, 0.25) is 23.6 Å². The molecule has 3 aromatic carbocycles. The topological polar surface area (TPSA) is 246 Å². The van der Waals surface area contributed by atoms with Gasteiger partial charge in [-0.2, -0.15) is 0 Å². The lowest BCUT2D eigenvalue weighted by molar-refractivity contribution is -0.142. The third kappa shape index (κ3) is 8.85. The van der Waals surface area contributed by atoms with Crippen molar-refractivity contribution in [2.24, 2.45) is 11.5 Å². The third-order valence-electron chi connectivity index (χ3n) is 8.49. The number of phenols is 1. The van der Waals surface area contributed by atoms with Gasteiger partial charge in [0.25, 0.3) is 0 Å². The van der Waals surface area contributed by atoms with Crippen molar-refractivity contribution in [3.63, 3.8) is 0 Å². The summed E-state index contributed by atoms with van der Waals surface area (Å²) in [4.78, 5) is 71.1. The Labute approximate surface area is 286 Å². The number of benzene rings is 3. The number of rotatable bonds is 16. The smallest absolute Gasteiger partial charge is 0.326 e. The van der Waals surface area contributed by atoms with Gasteiger partial charge in [-0.15, -0.1) is 0 Å². The molecule has 5 rings (SSSR count). The summed E-state index contributed by atoms with van der Waals surface area (Å²) in [6, 6.07) is 15.9. The number of nitrogens with two attached hydrogens (primary N) is 2. The van der Waals surface area contributed by atoms with Crippen LogP contribution in [-0.4, -0.2) is 73.9 Å². The Hall–Kier alpha value is -6.15. The lowest BCUT2D eigenvalue weighted by Crippen LogP contribution is -2.58. The van der Waals surface area contributed by atoms with Crippen molar-refractivity contribution in [2.75, 3.05) is 0 Å². The fourth-order valence-electron chi connectivity index (χ4n) is 5.81. The summed E-state index contributed by atoms with van der Waals surface area (Å²) in [7, 11) is 0. The molecule has 260 valence electrons. The Bertz CT molecular complexity index is 2000. The number of carbonyl (C=O) groups is 5. The van der Waals surface area contributed by atoms with E-state index in [1.54, 1.807) is 24.5 Å². The van der Waals surface area contributed by atoms with E-state index in [4.69, 9.17) is 11.5 Å². The minimum absolute atomic E-state index is 0.00991. The largest absolute Gasteiger partial charge is 0.508 e. The number of aromatic hydroxyl groups is 1. The van der Waals surface area contributed by atoms with Crippen LogP contribution in [0.2, 0.25) is 0 Å². The molecule has 0 aliphatic carbocycles. The quantitative estimate of drug-likeness (QED) is 0.0737. The zero-order valence-electron chi connectivity index (χ0n) is 27.0. The fourth-order valence-corrected chi connectivity index (χ4v) is 5.81. The molecule has 11 N–H and O–H groups in total. The van der Waals surface area contributed by atoms with Gasteiger partial charge in [-0.1, -0.05) is 48.5 Å². The van der Waals surface area contributed by atoms with E-state index in [0.29, 0.717) is 16.7 Å². The van der Waals surface area contributed by atoms with E-state index in [9.17, 15) is 34.2 Å². The van der Waals surface area contributed by atoms with Gasteiger partial charge in [-0.3, -0.25) is 19.2 Å². The first-order chi connectivity index (χ1) is 24.0. The molecule has 2 heterocycles. The number of carboxylic acid groups (broad SMARTS) is 1. The average Bonchev–Trinajstić information content (AvgIpc) is 3.70. The van der Waals surface area contributed by atoms with E-state index >= 15 is 0 Å². The molecule has 0 saturated heterocycles. The SMILES string of the molecule is NC(=O)CCC(NC(=O)C(Cc1c[nH]c2ccccc12)NC(=O)C(N)Cc1ccc(O)cc1)C(=O)NC(Cc1c[nH]c2ccccc12)C(=O)O. The van der Waals surface area contributed by atoms with Crippen molar-refractivity contribution in [2.45, 2.75) is 56.3 Å². The van der Waals surface area contributed by atoms with Crippen LogP contribution >= 0.6 is 0 Å². The Morgan fingerprint density at radius 3 is 1.72 bits per heavy atom. The molecule has 5 aromatic rings. The lowest BCUT2D eigenvalue weighted by atomic mass is 10.0. The number of hydrogen-bond acceptors (Lipinski definition) is 7. The highest BCUT2D eigenvalue weighted by molar-refractivity contribution is 5.95. The summed E-state index contributed by atoms with van der Waals surface area (Å²) in [6.07, 6.45) is 2.95. The number of H-pyrrole nitrogens is 2. The Kier molecular flexibility index (Phi) is 11.1. The van der Waals surface area contributed by atoms with Crippen LogP contribution in [0.4, 0.5) is 0 Å². The molecule has 50 heavy (non-hydrogen) atoms. The van der Waals surface area contributed by atoms with Crippen LogP contribution in [0.5, 0.6) is 5.75 Å². The molecule has 0 fully saturated rings. The average molecular weight is 682 g/mol. The Morgan fingerprint density at radius 1 is 0.660 bits per heavy atom. The maximum absolute atomic E-state index is 13.9. The van der Waals surface area contributed by atoms with Gasteiger partial charge in [-0.25, -0.2) is 4.79 Å². The second kappa shape index (κ2) is 15.8.